The zero-order valence-corrected chi connectivity index (χ0v) is 54.1. The molecule has 0 saturated heterocycles. The lowest BCUT2D eigenvalue weighted by Crippen LogP contribution is -2.45. The first-order valence-corrected chi connectivity index (χ1v) is 36.3. The largest absolute Gasteiger partial charge is 0.466 e. The van der Waals surface area contributed by atoms with Gasteiger partial charge in [-0.3, -0.25) is 9.59 Å². The third kappa shape index (κ3) is 65.2. The molecule has 2 unspecified atom stereocenters. The molecule has 0 aromatic rings. The third-order valence-electron chi connectivity index (χ3n) is 16.9. The fourth-order valence-corrected chi connectivity index (χ4v) is 11.3. The molecule has 0 aliphatic rings. The van der Waals surface area contributed by atoms with Gasteiger partial charge in [0.25, 0.3) is 0 Å². The van der Waals surface area contributed by atoms with Crippen LogP contribution in [0, 0.1) is 0 Å². The summed E-state index contributed by atoms with van der Waals surface area (Å²) in [5.41, 5.74) is 0. The van der Waals surface area contributed by atoms with E-state index in [1.54, 1.807) is 6.08 Å². The average molecular weight is 1120 g/mol. The second-order valence-electron chi connectivity index (χ2n) is 24.9. The lowest BCUT2D eigenvalue weighted by atomic mass is 10.0. The smallest absolute Gasteiger partial charge is 0.305 e. The maximum atomic E-state index is 12.5. The Labute approximate surface area is 500 Å². The number of hydrogen-bond acceptors (Lipinski definition) is 5. The van der Waals surface area contributed by atoms with E-state index in [0.29, 0.717) is 19.4 Å². The normalized spacial score (nSPS) is 12.7. The van der Waals surface area contributed by atoms with Crippen molar-refractivity contribution in [3.8, 4) is 0 Å². The molecule has 6 nitrogen and oxygen atoms in total. The van der Waals surface area contributed by atoms with Crippen molar-refractivity contribution in [3.05, 3.63) is 36.5 Å². The Balaban J connectivity index is 3.44. The summed E-state index contributed by atoms with van der Waals surface area (Å²) < 4.78 is 5.50. The first-order chi connectivity index (χ1) is 39.5. The van der Waals surface area contributed by atoms with E-state index in [1.807, 2.05) is 6.08 Å². The average Bonchev–Trinajstić information content (AvgIpc) is 3.46. The Morgan fingerprint density at radius 2 is 0.588 bits per heavy atom. The summed E-state index contributed by atoms with van der Waals surface area (Å²) in [7, 11) is 0. The van der Waals surface area contributed by atoms with Gasteiger partial charge in [0.1, 0.15) is 0 Å². The van der Waals surface area contributed by atoms with Crippen LogP contribution in [0.2, 0.25) is 0 Å². The molecule has 0 radical (unpaired) electrons. The van der Waals surface area contributed by atoms with Gasteiger partial charge in [-0.2, -0.15) is 0 Å². The Bertz CT molecular complexity index is 1300. The van der Waals surface area contributed by atoms with Crippen molar-refractivity contribution in [1.29, 1.82) is 0 Å². The maximum Gasteiger partial charge on any atom is 0.305 e. The Morgan fingerprint density at radius 1 is 0.338 bits per heavy atom. The monoisotopic (exact) mass is 1120 g/mol. The molecule has 0 aliphatic heterocycles. The van der Waals surface area contributed by atoms with Crippen LogP contribution in [0.4, 0.5) is 0 Å². The lowest BCUT2D eigenvalue weighted by molar-refractivity contribution is -0.143. The minimum atomic E-state index is -0.851. The number of unbranched alkanes of at least 4 members (excludes halogenated alkanes) is 53. The molecule has 0 fully saturated rings. The number of esters is 1. The van der Waals surface area contributed by atoms with Crippen molar-refractivity contribution in [2.75, 3.05) is 13.2 Å². The molecule has 6 heteroatoms. The SMILES string of the molecule is CCCCCCCC/C=C\CCCCCCCCCC(=O)OCCCCCCCCCCCCC/C=C\CCCCCCCCCC(=O)NC(CO)C(O)/C=C/CCCCCCCCCCCCCCCCCCCCCCCC. The molecule has 0 saturated carbocycles. The number of ether oxygens (including phenoxy) is 1. The highest BCUT2D eigenvalue weighted by atomic mass is 16.5. The first kappa shape index (κ1) is 78.1. The summed E-state index contributed by atoms with van der Waals surface area (Å²) in [6.45, 7) is 4.93. The predicted octanol–water partition coefficient (Wildman–Crippen LogP) is 23.5. The Morgan fingerprint density at radius 3 is 0.887 bits per heavy atom. The maximum absolute atomic E-state index is 12.5. The van der Waals surface area contributed by atoms with Crippen LogP contribution >= 0.6 is 0 Å². The van der Waals surface area contributed by atoms with Crippen LogP contribution in [0.25, 0.3) is 0 Å². The van der Waals surface area contributed by atoms with Crippen LogP contribution in [0.3, 0.4) is 0 Å². The summed E-state index contributed by atoms with van der Waals surface area (Å²) in [6, 6.07) is -0.635. The molecule has 0 bridgehead atoms. The highest BCUT2D eigenvalue weighted by molar-refractivity contribution is 5.76. The predicted molar refractivity (Wildman–Crippen MR) is 352 cm³/mol. The van der Waals surface area contributed by atoms with E-state index in [2.05, 4.69) is 43.5 Å². The molecule has 3 N–H and O–H groups in total. The van der Waals surface area contributed by atoms with Gasteiger partial charge in [0.05, 0.1) is 25.4 Å². The lowest BCUT2D eigenvalue weighted by Gasteiger charge is -2.20. The van der Waals surface area contributed by atoms with Gasteiger partial charge in [-0.25, -0.2) is 0 Å². The van der Waals surface area contributed by atoms with E-state index in [0.717, 1.165) is 51.4 Å². The summed E-state index contributed by atoms with van der Waals surface area (Å²) in [5.74, 6) is -0.0643. The third-order valence-corrected chi connectivity index (χ3v) is 16.9. The van der Waals surface area contributed by atoms with E-state index in [9.17, 15) is 19.8 Å². The molecule has 472 valence electrons. The number of aliphatic hydroxyl groups excluding tert-OH is 2. The number of carbonyl (C=O) groups excluding carboxylic acids is 2. The van der Waals surface area contributed by atoms with Gasteiger partial charge < -0.3 is 20.3 Å². The second-order valence-corrected chi connectivity index (χ2v) is 24.9. The molecule has 0 spiro atoms. The molecule has 1 amide bonds. The van der Waals surface area contributed by atoms with Gasteiger partial charge in [0, 0.05) is 12.8 Å². The zero-order chi connectivity index (χ0) is 57.8. The van der Waals surface area contributed by atoms with Crippen LogP contribution < -0.4 is 5.32 Å². The van der Waals surface area contributed by atoms with Crippen LogP contribution in [0.5, 0.6) is 0 Å². The summed E-state index contributed by atoms with van der Waals surface area (Å²) in [4.78, 5) is 24.6. The van der Waals surface area contributed by atoms with Crippen molar-refractivity contribution in [2.45, 2.75) is 411 Å². The number of carbonyl (C=O) groups is 2. The van der Waals surface area contributed by atoms with Gasteiger partial charge in [-0.05, 0) is 83.5 Å². The molecule has 0 aromatic heterocycles. The number of allylic oxidation sites excluding steroid dienone is 5. The van der Waals surface area contributed by atoms with Gasteiger partial charge in [-0.15, -0.1) is 0 Å². The van der Waals surface area contributed by atoms with E-state index >= 15 is 0 Å². The first-order valence-electron chi connectivity index (χ1n) is 36.3. The molecule has 2 atom stereocenters. The molecular formula is C74H141NO5. The zero-order valence-electron chi connectivity index (χ0n) is 54.1. The van der Waals surface area contributed by atoms with Crippen molar-refractivity contribution < 1.29 is 24.5 Å². The molecule has 0 rings (SSSR count). The molecule has 80 heavy (non-hydrogen) atoms. The van der Waals surface area contributed by atoms with Gasteiger partial charge in [0.15, 0.2) is 0 Å². The van der Waals surface area contributed by atoms with E-state index in [-0.39, 0.29) is 18.5 Å². The number of rotatable bonds is 68. The fourth-order valence-electron chi connectivity index (χ4n) is 11.3. The van der Waals surface area contributed by atoms with Gasteiger partial charge in [0.2, 0.25) is 5.91 Å². The summed E-state index contributed by atoms with van der Waals surface area (Å²) >= 11 is 0. The van der Waals surface area contributed by atoms with Crippen LogP contribution in [-0.2, 0) is 14.3 Å². The number of hydrogen-bond donors (Lipinski definition) is 3. The van der Waals surface area contributed by atoms with Crippen molar-refractivity contribution >= 4 is 11.9 Å². The highest BCUT2D eigenvalue weighted by Crippen LogP contribution is 2.18. The number of aliphatic hydroxyl groups is 2. The van der Waals surface area contributed by atoms with E-state index < -0.39 is 12.1 Å². The van der Waals surface area contributed by atoms with E-state index in [4.69, 9.17) is 4.74 Å². The minimum Gasteiger partial charge on any atom is -0.466 e. The van der Waals surface area contributed by atoms with E-state index in [1.165, 1.54) is 321 Å². The van der Waals surface area contributed by atoms with Crippen molar-refractivity contribution in [1.82, 2.24) is 5.32 Å². The fraction of sp³-hybridized carbons (Fsp3) is 0.892. The highest BCUT2D eigenvalue weighted by Gasteiger charge is 2.18. The minimum absolute atomic E-state index is 0.00677. The topological polar surface area (TPSA) is 95.9 Å². The van der Waals surface area contributed by atoms with Gasteiger partial charge in [-0.1, -0.05) is 339 Å². The number of amides is 1. The summed E-state index contributed by atoms with van der Waals surface area (Å²) in [5, 5.41) is 23.3. The molecule has 0 heterocycles. The standard InChI is InChI=1S/C74H141NO5/c1-3-5-7-9-11-13-15-17-19-21-22-23-24-25-28-31-35-38-42-46-50-54-58-62-66-72(77)71(70-76)75-73(78)67-63-59-55-51-47-43-39-36-32-29-26-27-30-33-37-41-45-49-53-57-61-65-69-80-74(79)68-64-60-56-52-48-44-40-34-20-18-16-14-12-10-8-6-4-2/h18,20,29,32,62,66,71-72,76-77H,3-17,19,21-28,30-31,33-61,63-65,67-70H2,1-2H3,(H,75,78)/b20-18-,32-29-,66-62+. The molecule has 0 aromatic carbocycles. The summed E-state index contributed by atoms with van der Waals surface area (Å²) in [6.07, 6.45) is 89.4. The molecular weight excluding hydrogens is 983 g/mol. The molecule has 0 aliphatic carbocycles. The Hall–Kier alpha value is -1.92. The van der Waals surface area contributed by atoms with Crippen LogP contribution in [0.15, 0.2) is 36.5 Å². The van der Waals surface area contributed by atoms with Crippen molar-refractivity contribution in [3.63, 3.8) is 0 Å². The van der Waals surface area contributed by atoms with Gasteiger partial charge >= 0.3 is 5.97 Å². The second kappa shape index (κ2) is 69.6. The van der Waals surface area contributed by atoms with Crippen LogP contribution in [0.1, 0.15) is 399 Å². The van der Waals surface area contributed by atoms with Crippen molar-refractivity contribution in [2.24, 2.45) is 0 Å². The Kier molecular flexibility index (Phi) is 67.9. The number of nitrogens with one attached hydrogen (secondary N) is 1. The van der Waals surface area contributed by atoms with Crippen LogP contribution in [-0.4, -0.2) is 47.4 Å². The quantitative estimate of drug-likeness (QED) is 0.0320.